The van der Waals surface area contributed by atoms with Crippen LogP contribution in [0.1, 0.15) is 12.6 Å². The number of aliphatic imine (C=N–C) groups is 1. The molecule has 1 aliphatic rings. The molecule has 0 aromatic carbocycles. The maximum absolute atomic E-state index is 8.21. The summed E-state index contributed by atoms with van der Waals surface area (Å²) in [5.74, 6) is 1.21. The molecule has 0 spiro atoms. The van der Waals surface area contributed by atoms with Gasteiger partial charge in [0.05, 0.1) is 13.2 Å². The van der Waals surface area contributed by atoms with Gasteiger partial charge in [-0.1, -0.05) is 0 Å². The van der Waals surface area contributed by atoms with E-state index < -0.39 is 0 Å². The number of nitrogens with zero attached hydrogens (tertiary/aromatic N) is 7. The molecule has 1 aliphatic heterocycles. The zero-order valence-electron chi connectivity index (χ0n) is 16.1. The molecule has 0 aliphatic carbocycles. The van der Waals surface area contributed by atoms with Crippen LogP contribution in [0.4, 0.5) is 5.82 Å². The SMILES string of the molecule is CSc1cc(C([OH2+])=NC(C)=N)nc2c(N3CCOCC3)nc(-n3ccnc3)nc12. The van der Waals surface area contributed by atoms with E-state index in [0.717, 1.165) is 4.90 Å². The smallest absolute Gasteiger partial charge is 0.385 e. The summed E-state index contributed by atoms with van der Waals surface area (Å²) >= 11 is 1.52. The van der Waals surface area contributed by atoms with Gasteiger partial charge in [0.15, 0.2) is 11.5 Å². The highest BCUT2D eigenvalue weighted by molar-refractivity contribution is 7.98. The summed E-state index contributed by atoms with van der Waals surface area (Å²) in [6, 6.07) is 1.79. The minimum absolute atomic E-state index is 0.0543. The van der Waals surface area contributed by atoms with Gasteiger partial charge in [0, 0.05) is 30.4 Å². The molecule has 0 amide bonds. The van der Waals surface area contributed by atoms with E-state index in [1.54, 1.807) is 29.4 Å². The summed E-state index contributed by atoms with van der Waals surface area (Å²) in [7, 11) is 0. The molecule has 3 aromatic rings. The van der Waals surface area contributed by atoms with E-state index in [-0.39, 0.29) is 11.7 Å². The first-order valence-electron chi connectivity index (χ1n) is 9.00. The molecular formula is C18H21N8O2S+. The number of ether oxygens (including phenoxy) is 1. The normalized spacial score (nSPS) is 15.1. The average molecular weight is 413 g/mol. The number of pyridine rings is 1. The third kappa shape index (κ3) is 3.91. The summed E-state index contributed by atoms with van der Waals surface area (Å²) in [6.07, 6.45) is 7.09. The fourth-order valence-corrected chi connectivity index (χ4v) is 3.61. The predicted molar refractivity (Wildman–Crippen MR) is 113 cm³/mol. The number of aromatic nitrogens is 5. The lowest BCUT2D eigenvalue weighted by Gasteiger charge is -2.28. The van der Waals surface area contributed by atoms with Crippen LogP contribution < -0.4 is 4.90 Å². The van der Waals surface area contributed by atoms with Crippen LogP contribution in [0.15, 0.2) is 34.7 Å². The molecule has 0 radical (unpaired) electrons. The van der Waals surface area contributed by atoms with Gasteiger partial charge in [-0.15, -0.1) is 16.8 Å². The van der Waals surface area contributed by atoms with Crippen molar-refractivity contribution < 1.29 is 9.84 Å². The van der Waals surface area contributed by atoms with Crippen LogP contribution in [0.25, 0.3) is 17.0 Å². The number of imidazole rings is 1. The minimum Gasteiger partial charge on any atom is -0.577 e. The second-order valence-corrected chi connectivity index (χ2v) is 7.22. The zero-order valence-corrected chi connectivity index (χ0v) is 16.9. The molecular weight excluding hydrogens is 392 g/mol. The van der Waals surface area contributed by atoms with Crippen molar-refractivity contribution in [1.29, 1.82) is 5.41 Å². The molecule has 11 heteroatoms. The quantitative estimate of drug-likeness (QED) is 0.295. The number of hydrogen-bond acceptors (Lipinski definition) is 8. The van der Waals surface area contributed by atoms with Crippen LogP contribution in [0, 0.1) is 5.41 Å². The fourth-order valence-electron chi connectivity index (χ4n) is 3.04. The molecule has 150 valence electrons. The highest BCUT2D eigenvalue weighted by atomic mass is 32.2. The Labute approximate surface area is 171 Å². The number of morpholine rings is 1. The molecule has 0 unspecified atom stereocenters. The predicted octanol–water partition coefficient (Wildman–Crippen LogP) is 1.24. The summed E-state index contributed by atoms with van der Waals surface area (Å²) in [5.41, 5.74) is 1.71. The van der Waals surface area contributed by atoms with Crippen LogP contribution >= 0.6 is 11.8 Å². The van der Waals surface area contributed by atoms with Crippen molar-refractivity contribution in [2.75, 3.05) is 37.5 Å². The maximum Gasteiger partial charge on any atom is 0.385 e. The van der Waals surface area contributed by atoms with Gasteiger partial charge in [-0.2, -0.15) is 4.98 Å². The largest absolute Gasteiger partial charge is 0.577 e. The van der Waals surface area contributed by atoms with Crippen LogP contribution in [-0.2, 0) is 4.74 Å². The second-order valence-electron chi connectivity index (χ2n) is 6.37. The standard InChI is InChI=1S/C18H20N8O2S/c1-11(19)21-17(27)12-9-13(29-2)14-15(22-12)16(25-5-7-28-8-6-25)24-18(23-14)26-4-3-20-10-26/h3-4,9-10H,5-8H2,1-2H3,(H2,19,21,27)/p+1. The van der Waals surface area contributed by atoms with Crippen LogP contribution in [0.2, 0.25) is 0 Å². The van der Waals surface area contributed by atoms with Gasteiger partial charge in [-0.3, -0.25) is 9.98 Å². The van der Waals surface area contributed by atoms with Crippen molar-refractivity contribution in [2.45, 2.75) is 11.8 Å². The molecule has 10 nitrogen and oxygen atoms in total. The van der Waals surface area contributed by atoms with Gasteiger partial charge < -0.3 is 14.7 Å². The molecule has 1 saturated heterocycles. The Hall–Kier alpha value is -3.05. The lowest BCUT2D eigenvalue weighted by atomic mass is 10.2. The topological polar surface area (TPSA) is 128 Å². The van der Waals surface area contributed by atoms with E-state index in [9.17, 15) is 0 Å². The fraction of sp³-hybridized carbons (Fsp3) is 0.333. The zero-order chi connectivity index (χ0) is 20.4. The van der Waals surface area contributed by atoms with Gasteiger partial charge in [0.25, 0.3) is 0 Å². The molecule has 4 heterocycles. The van der Waals surface area contributed by atoms with E-state index in [1.165, 1.54) is 18.7 Å². The molecule has 4 rings (SSSR count). The Kier molecular flexibility index (Phi) is 5.41. The molecule has 0 bridgehead atoms. The first-order chi connectivity index (χ1) is 14.1. The van der Waals surface area contributed by atoms with Crippen molar-refractivity contribution in [3.8, 4) is 5.95 Å². The Morgan fingerprint density at radius 3 is 2.69 bits per heavy atom. The number of hydrogen-bond donors (Lipinski definition) is 1. The second kappa shape index (κ2) is 8.13. The average Bonchev–Trinajstić information content (AvgIpc) is 3.27. The Balaban J connectivity index is 1.97. The lowest BCUT2D eigenvalue weighted by Crippen LogP contribution is -2.37. The number of nitrogens with one attached hydrogen (secondary N) is 1. The molecule has 29 heavy (non-hydrogen) atoms. The van der Waals surface area contributed by atoms with E-state index in [0.29, 0.717) is 54.8 Å². The van der Waals surface area contributed by atoms with E-state index >= 15 is 0 Å². The summed E-state index contributed by atoms with van der Waals surface area (Å²) < 4.78 is 7.25. The van der Waals surface area contributed by atoms with Crippen LogP contribution in [0.5, 0.6) is 0 Å². The third-order valence-corrected chi connectivity index (χ3v) is 5.13. The highest BCUT2D eigenvalue weighted by Gasteiger charge is 2.23. The van der Waals surface area contributed by atoms with E-state index in [4.69, 9.17) is 25.2 Å². The Morgan fingerprint density at radius 1 is 1.24 bits per heavy atom. The van der Waals surface area contributed by atoms with Crippen LogP contribution in [-0.4, -0.2) is 73.9 Å². The molecule has 0 atom stereocenters. The van der Waals surface area contributed by atoms with Crippen molar-refractivity contribution >= 4 is 40.3 Å². The van der Waals surface area contributed by atoms with Gasteiger partial charge in [-0.25, -0.2) is 15.0 Å². The van der Waals surface area contributed by atoms with Gasteiger partial charge >= 0.3 is 5.90 Å². The van der Waals surface area contributed by atoms with Crippen molar-refractivity contribution in [3.63, 3.8) is 0 Å². The summed E-state index contributed by atoms with van der Waals surface area (Å²) in [4.78, 5) is 25.2. The monoisotopic (exact) mass is 413 g/mol. The minimum atomic E-state index is -0.0543. The van der Waals surface area contributed by atoms with Crippen molar-refractivity contribution in [3.05, 3.63) is 30.5 Å². The van der Waals surface area contributed by atoms with E-state index in [2.05, 4.69) is 19.9 Å². The number of fused-ring (bicyclic) bond motifs is 1. The number of anilines is 1. The number of thioether (sulfide) groups is 1. The third-order valence-electron chi connectivity index (χ3n) is 4.38. The number of amidine groups is 1. The first kappa shape index (κ1) is 19.3. The Morgan fingerprint density at radius 2 is 2.03 bits per heavy atom. The molecule has 1 fully saturated rings. The maximum atomic E-state index is 8.21. The van der Waals surface area contributed by atoms with E-state index in [1.807, 2.05) is 6.26 Å². The van der Waals surface area contributed by atoms with Gasteiger partial charge in [0.1, 0.15) is 23.2 Å². The van der Waals surface area contributed by atoms with Crippen LogP contribution in [0.3, 0.4) is 0 Å². The van der Waals surface area contributed by atoms with Crippen molar-refractivity contribution in [2.24, 2.45) is 4.99 Å². The first-order valence-corrected chi connectivity index (χ1v) is 10.2. The van der Waals surface area contributed by atoms with Gasteiger partial charge in [0.2, 0.25) is 5.95 Å². The number of rotatable bonds is 4. The Bertz CT molecular complexity index is 1080. The highest BCUT2D eigenvalue weighted by Crippen LogP contribution is 2.31. The summed E-state index contributed by atoms with van der Waals surface area (Å²) in [6.45, 7) is 4.14. The molecule has 0 saturated carbocycles. The summed E-state index contributed by atoms with van der Waals surface area (Å²) in [5, 5.41) is 15.8. The van der Waals surface area contributed by atoms with Gasteiger partial charge in [-0.05, 0) is 19.2 Å². The van der Waals surface area contributed by atoms with Crippen molar-refractivity contribution in [1.82, 2.24) is 24.5 Å². The lowest BCUT2D eigenvalue weighted by molar-refractivity contribution is 0.122. The molecule has 3 aromatic heterocycles. The molecule has 3 N–H and O–H groups in total.